The van der Waals surface area contributed by atoms with Crippen molar-refractivity contribution in [2.75, 3.05) is 31.5 Å². The Morgan fingerprint density at radius 1 is 0.912 bits per heavy atom. The van der Waals surface area contributed by atoms with Crippen LogP contribution in [0.2, 0.25) is 0 Å². The predicted octanol–water partition coefficient (Wildman–Crippen LogP) is 4.30. The lowest BCUT2D eigenvalue weighted by Crippen LogP contribution is -2.26. The molecule has 2 N–H and O–H groups in total. The van der Waals surface area contributed by atoms with E-state index < -0.39 is 30.1 Å². The van der Waals surface area contributed by atoms with Gasteiger partial charge in [0.2, 0.25) is 5.91 Å². The standard InChI is InChI=1S/C24H26F2N2O6/c1-32-20-11-16(18(12-21(20)33-2)28-23(30)14-6-4-3-5-7-14)24(31)34-13-22(29)27-19-10-15(25)8-9-17(19)26/h8-12,14H,3-7,13H2,1-2H3,(H,27,29)(H,28,30). The third kappa shape index (κ3) is 6.21. The van der Waals surface area contributed by atoms with Gasteiger partial charge in [-0.1, -0.05) is 19.3 Å². The smallest absolute Gasteiger partial charge is 0.340 e. The maximum atomic E-state index is 13.7. The summed E-state index contributed by atoms with van der Waals surface area (Å²) in [6, 6.07) is 5.36. The molecule has 2 aromatic rings. The van der Waals surface area contributed by atoms with Crippen LogP contribution in [0.25, 0.3) is 0 Å². The van der Waals surface area contributed by atoms with E-state index >= 15 is 0 Å². The average Bonchev–Trinajstić information content (AvgIpc) is 2.85. The van der Waals surface area contributed by atoms with E-state index in [-0.39, 0.29) is 40.3 Å². The molecule has 0 radical (unpaired) electrons. The molecule has 10 heteroatoms. The van der Waals surface area contributed by atoms with Crippen LogP contribution < -0.4 is 20.1 Å². The van der Waals surface area contributed by atoms with E-state index in [2.05, 4.69) is 10.6 Å². The van der Waals surface area contributed by atoms with E-state index in [9.17, 15) is 23.2 Å². The average molecular weight is 476 g/mol. The first kappa shape index (κ1) is 24.9. The summed E-state index contributed by atoms with van der Waals surface area (Å²) in [6.07, 6.45) is 4.52. The summed E-state index contributed by atoms with van der Waals surface area (Å²) in [4.78, 5) is 37.7. The Hall–Kier alpha value is -3.69. The molecular weight excluding hydrogens is 450 g/mol. The highest BCUT2D eigenvalue weighted by Crippen LogP contribution is 2.35. The Bertz CT molecular complexity index is 1070. The molecule has 2 amide bonds. The molecule has 1 aliphatic carbocycles. The van der Waals surface area contributed by atoms with Gasteiger partial charge in [0.15, 0.2) is 18.1 Å². The Morgan fingerprint density at radius 2 is 1.59 bits per heavy atom. The van der Waals surface area contributed by atoms with Gasteiger partial charge in [0, 0.05) is 24.1 Å². The number of amides is 2. The molecular formula is C24H26F2N2O6. The van der Waals surface area contributed by atoms with Gasteiger partial charge in [0.05, 0.1) is 31.2 Å². The van der Waals surface area contributed by atoms with Gasteiger partial charge < -0.3 is 24.8 Å². The van der Waals surface area contributed by atoms with E-state index in [1.165, 1.54) is 26.4 Å². The summed E-state index contributed by atoms with van der Waals surface area (Å²) in [7, 11) is 2.80. The molecule has 0 bridgehead atoms. The van der Waals surface area contributed by atoms with Crippen LogP contribution in [0.15, 0.2) is 30.3 Å². The molecule has 0 aromatic heterocycles. The summed E-state index contributed by atoms with van der Waals surface area (Å²) in [5, 5.41) is 4.90. The summed E-state index contributed by atoms with van der Waals surface area (Å²) in [6.45, 7) is -0.765. The van der Waals surface area contributed by atoms with Crippen LogP contribution in [0.3, 0.4) is 0 Å². The maximum Gasteiger partial charge on any atom is 0.340 e. The molecule has 1 fully saturated rings. The molecule has 2 aromatic carbocycles. The zero-order valence-electron chi connectivity index (χ0n) is 18.9. The van der Waals surface area contributed by atoms with Crippen molar-refractivity contribution in [3.05, 3.63) is 47.5 Å². The Balaban J connectivity index is 1.75. The molecule has 1 aliphatic rings. The summed E-state index contributed by atoms with van der Waals surface area (Å²) >= 11 is 0. The number of nitrogens with one attached hydrogen (secondary N) is 2. The van der Waals surface area contributed by atoms with Crippen molar-refractivity contribution in [2.24, 2.45) is 5.92 Å². The van der Waals surface area contributed by atoms with Crippen LogP contribution in [0.4, 0.5) is 20.2 Å². The summed E-state index contributed by atoms with van der Waals surface area (Å²) in [5.41, 5.74) is -0.283. The highest BCUT2D eigenvalue weighted by Gasteiger charge is 2.25. The van der Waals surface area contributed by atoms with E-state index in [0.29, 0.717) is 0 Å². The van der Waals surface area contributed by atoms with Crippen molar-refractivity contribution in [1.82, 2.24) is 0 Å². The minimum atomic E-state index is -0.922. The molecule has 0 spiro atoms. The highest BCUT2D eigenvalue weighted by molar-refractivity contribution is 6.03. The van der Waals surface area contributed by atoms with Gasteiger partial charge in [0.1, 0.15) is 11.6 Å². The third-order valence-corrected chi connectivity index (χ3v) is 5.51. The molecule has 0 atom stereocenters. The van der Waals surface area contributed by atoms with Crippen molar-refractivity contribution in [1.29, 1.82) is 0 Å². The molecule has 0 saturated heterocycles. The number of anilines is 2. The molecule has 34 heavy (non-hydrogen) atoms. The normalized spacial score (nSPS) is 13.6. The molecule has 0 unspecified atom stereocenters. The fourth-order valence-electron chi connectivity index (χ4n) is 3.74. The fourth-order valence-corrected chi connectivity index (χ4v) is 3.74. The minimum absolute atomic E-state index is 0.0495. The van der Waals surface area contributed by atoms with Gasteiger partial charge in [-0.05, 0) is 25.0 Å². The largest absolute Gasteiger partial charge is 0.493 e. The number of carbonyl (C=O) groups is 3. The highest BCUT2D eigenvalue weighted by atomic mass is 19.1. The molecule has 182 valence electrons. The number of benzene rings is 2. The first-order chi connectivity index (χ1) is 16.3. The van der Waals surface area contributed by atoms with Crippen LogP contribution in [0.1, 0.15) is 42.5 Å². The zero-order valence-corrected chi connectivity index (χ0v) is 18.9. The van der Waals surface area contributed by atoms with Gasteiger partial charge in [-0.15, -0.1) is 0 Å². The zero-order chi connectivity index (χ0) is 24.7. The first-order valence-corrected chi connectivity index (χ1v) is 10.8. The van der Waals surface area contributed by atoms with Crippen LogP contribution in [0.5, 0.6) is 11.5 Å². The Morgan fingerprint density at radius 3 is 2.26 bits per heavy atom. The number of hydrogen-bond acceptors (Lipinski definition) is 6. The lowest BCUT2D eigenvalue weighted by atomic mass is 9.88. The fraction of sp³-hybridized carbons (Fsp3) is 0.375. The predicted molar refractivity (Wildman–Crippen MR) is 120 cm³/mol. The molecule has 0 aliphatic heterocycles. The third-order valence-electron chi connectivity index (χ3n) is 5.51. The second-order valence-electron chi connectivity index (χ2n) is 7.83. The first-order valence-electron chi connectivity index (χ1n) is 10.8. The molecule has 0 heterocycles. The Kier molecular flexibility index (Phi) is 8.39. The molecule has 8 nitrogen and oxygen atoms in total. The molecule has 3 rings (SSSR count). The van der Waals surface area contributed by atoms with E-state index in [4.69, 9.17) is 14.2 Å². The van der Waals surface area contributed by atoms with E-state index in [0.717, 1.165) is 50.3 Å². The van der Waals surface area contributed by atoms with E-state index in [1.54, 1.807) is 0 Å². The SMILES string of the molecule is COc1cc(NC(=O)C2CCCCC2)c(C(=O)OCC(=O)Nc2cc(F)ccc2F)cc1OC. The lowest BCUT2D eigenvalue weighted by Gasteiger charge is -2.22. The quantitative estimate of drug-likeness (QED) is 0.551. The number of rotatable bonds is 8. The van der Waals surface area contributed by atoms with Crippen molar-refractivity contribution in [2.45, 2.75) is 32.1 Å². The number of methoxy groups -OCH3 is 2. The van der Waals surface area contributed by atoms with Gasteiger partial charge >= 0.3 is 5.97 Å². The van der Waals surface area contributed by atoms with Gasteiger partial charge in [-0.2, -0.15) is 0 Å². The van der Waals surface area contributed by atoms with Crippen LogP contribution >= 0.6 is 0 Å². The van der Waals surface area contributed by atoms with E-state index in [1.807, 2.05) is 0 Å². The minimum Gasteiger partial charge on any atom is -0.493 e. The van der Waals surface area contributed by atoms with Crippen LogP contribution in [-0.4, -0.2) is 38.6 Å². The van der Waals surface area contributed by atoms with Gasteiger partial charge in [0.25, 0.3) is 5.91 Å². The number of halogens is 2. The monoisotopic (exact) mass is 476 g/mol. The number of ether oxygens (including phenoxy) is 3. The van der Waals surface area contributed by atoms with Crippen molar-refractivity contribution < 1.29 is 37.4 Å². The van der Waals surface area contributed by atoms with Gasteiger partial charge in [-0.3, -0.25) is 9.59 Å². The molecule has 1 saturated carbocycles. The maximum absolute atomic E-state index is 13.7. The van der Waals surface area contributed by atoms with Crippen molar-refractivity contribution in [3.63, 3.8) is 0 Å². The second-order valence-corrected chi connectivity index (χ2v) is 7.83. The number of carbonyl (C=O) groups excluding carboxylic acids is 3. The van der Waals surface area contributed by atoms with Crippen molar-refractivity contribution in [3.8, 4) is 11.5 Å². The second kappa shape index (κ2) is 11.4. The topological polar surface area (TPSA) is 103 Å². The lowest BCUT2D eigenvalue weighted by molar-refractivity contribution is -0.121. The number of hydrogen-bond donors (Lipinski definition) is 2. The van der Waals surface area contributed by atoms with Crippen LogP contribution in [-0.2, 0) is 14.3 Å². The summed E-state index contributed by atoms with van der Waals surface area (Å²) < 4.78 is 42.6. The number of esters is 1. The Labute approximate surface area is 195 Å². The van der Waals surface area contributed by atoms with Gasteiger partial charge in [-0.25, -0.2) is 13.6 Å². The van der Waals surface area contributed by atoms with Crippen molar-refractivity contribution >= 4 is 29.2 Å². The summed E-state index contributed by atoms with van der Waals surface area (Å²) in [5.74, 6) is -3.25. The van der Waals surface area contributed by atoms with Crippen LogP contribution in [0, 0.1) is 17.6 Å².